The predicted octanol–water partition coefficient (Wildman–Crippen LogP) is 2.09. The monoisotopic (exact) mass is 282 g/mol. The molecule has 3 atom stereocenters. The molecule has 0 amide bonds. The minimum absolute atomic E-state index is 0.157. The van der Waals surface area contributed by atoms with Crippen LogP contribution in [0.15, 0.2) is 24.4 Å². The Morgan fingerprint density at radius 1 is 1.37 bits per heavy atom. The quantitative estimate of drug-likeness (QED) is 0.918. The lowest BCUT2D eigenvalue weighted by atomic mass is 9.94. The molecule has 1 N–H and O–H groups in total. The normalized spacial score (nSPS) is 26.0. The van der Waals surface area contributed by atoms with Gasteiger partial charge in [0, 0.05) is 24.5 Å². The van der Waals surface area contributed by atoms with E-state index in [2.05, 4.69) is 17.2 Å². The average molecular weight is 282 g/mol. The molecule has 3 unspecified atom stereocenters. The number of nitrogens with zero attached hydrogens (tertiary/aromatic N) is 1. The Labute approximate surface area is 115 Å². The van der Waals surface area contributed by atoms with Crippen molar-refractivity contribution >= 4 is 9.84 Å². The van der Waals surface area contributed by atoms with E-state index in [0.717, 1.165) is 31.4 Å². The maximum absolute atomic E-state index is 11.6. The minimum atomic E-state index is -2.91. The molecule has 19 heavy (non-hydrogen) atoms. The van der Waals surface area contributed by atoms with E-state index >= 15 is 0 Å². The van der Waals surface area contributed by atoms with Crippen LogP contribution >= 0.6 is 0 Å². The van der Waals surface area contributed by atoms with Crippen LogP contribution in [0.3, 0.4) is 0 Å². The molecule has 0 aliphatic heterocycles. The van der Waals surface area contributed by atoms with Crippen LogP contribution in [0.25, 0.3) is 0 Å². The van der Waals surface area contributed by atoms with Gasteiger partial charge in [0.25, 0.3) is 0 Å². The number of aromatic nitrogens is 1. The topological polar surface area (TPSA) is 59.1 Å². The SMILES string of the molecule is CC(NC1CCCC(S(C)(=O)=O)C1)c1ccccn1. The number of nitrogens with one attached hydrogen (secondary N) is 1. The standard InChI is InChI=1S/C14H22N2O2S/c1-11(14-8-3-4-9-15-14)16-12-6-5-7-13(10-12)19(2,17)18/h3-4,8-9,11-13,16H,5-7,10H2,1-2H3. The summed E-state index contributed by atoms with van der Waals surface area (Å²) in [4.78, 5) is 4.33. The molecule has 1 fully saturated rings. The highest BCUT2D eigenvalue weighted by Gasteiger charge is 2.29. The van der Waals surface area contributed by atoms with Crippen LogP contribution in [-0.2, 0) is 9.84 Å². The van der Waals surface area contributed by atoms with Crippen molar-refractivity contribution in [2.75, 3.05) is 6.26 Å². The van der Waals surface area contributed by atoms with Crippen molar-refractivity contribution in [3.05, 3.63) is 30.1 Å². The molecule has 0 aromatic carbocycles. The Kier molecular flexibility index (Phi) is 4.58. The third-order valence-corrected chi connectivity index (χ3v) is 5.49. The Morgan fingerprint density at radius 3 is 2.79 bits per heavy atom. The van der Waals surface area contributed by atoms with Gasteiger partial charge in [-0.3, -0.25) is 4.98 Å². The van der Waals surface area contributed by atoms with E-state index in [-0.39, 0.29) is 17.3 Å². The van der Waals surface area contributed by atoms with Crippen LogP contribution in [-0.4, -0.2) is 30.9 Å². The molecular weight excluding hydrogens is 260 g/mol. The van der Waals surface area contributed by atoms with Crippen molar-refractivity contribution in [1.29, 1.82) is 0 Å². The third kappa shape index (κ3) is 4.01. The van der Waals surface area contributed by atoms with Gasteiger partial charge in [-0.05, 0) is 38.3 Å². The van der Waals surface area contributed by atoms with Gasteiger partial charge in [-0.1, -0.05) is 12.5 Å². The maximum atomic E-state index is 11.6. The zero-order valence-corrected chi connectivity index (χ0v) is 12.4. The zero-order chi connectivity index (χ0) is 13.9. The molecule has 1 aromatic rings. The fraction of sp³-hybridized carbons (Fsp3) is 0.643. The summed E-state index contributed by atoms with van der Waals surface area (Å²) in [5.74, 6) is 0. The first kappa shape index (κ1) is 14.5. The van der Waals surface area contributed by atoms with Gasteiger partial charge in [0.05, 0.1) is 10.9 Å². The van der Waals surface area contributed by atoms with Crippen LogP contribution in [0.4, 0.5) is 0 Å². The van der Waals surface area contributed by atoms with Crippen LogP contribution in [0.5, 0.6) is 0 Å². The number of pyridine rings is 1. The average Bonchev–Trinajstić information content (AvgIpc) is 2.39. The first-order valence-electron chi connectivity index (χ1n) is 6.82. The summed E-state index contributed by atoms with van der Waals surface area (Å²) in [5, 5.41) is 3.32. The van der Waals surface area contributed by atoms with E-state index in [0.29, 0.717) is 0 Å². The summed E-state index contributed by atoms with van der Waals surface area (Å²) in [6, 6.07) is 6.29. The van der Waals surface area contributed by atoms with Gasteiger partial charge in [-0.25, -0.2) is 8.42 Å². The van der Waals surface area contributed by atoms with Crippen LogP contribution in [0.1, 0.15) is 44.3 Å². The van der Waals surface area contributed by atoms with E-state index in [1.165, 1.54) is 6.26 Å². The summed E-state index contributed by atoms with van der Waals surface area (Å²) in [6.45, 7) is 2.08. The predicted molar refractivity (Wildman–Crippen MR) is 76.7 cm³/mol. The highest BCUT2D eigenvalue weighted by Crippen LogP contribution is 2.25. The highest BCUT2D eigenvalue weighted by atomic mass is 32.2. The molecule has 1 saturated carbocycles. The molecular formula is C14H22N2O2S. The number of hydrogen-bond donors (Lipinski definition) is 1. The number of hydrogen-bond acceptors (Lipinski definition) is 4. The lowest BCUT2D eigenvalue weighted by Crippen LogP contribution is -2.40. The summed E-state index contributed by atoms with van der Waals surface area (Å²) >= 11 is 0. The van der Waals surface area contributed by atoms with Gasteiger partial charge in [0.1, 0.15) is 9.84 Å². The minimum Gasteiger partial charge on any atom is -0.306 e. The number of rotatable bonds is 4. The van der Waals surface area contributed by atoms with Crippen LogP contribution < -0.4 is 5.32 Å². The van der Waals surface area contributed by atoms with Crippen molar-refractivity contribution in [3.8, 4) is 0 Å². The van der Waals surface area contributed by atoms with Crippen molar-refractivity contribution in [2.45, 2.75) is 49.9 Å². The Bertz CT molecular complexity index is 501. The summed E-state index contributed by atoms with van der Waals surface area (Å²) in [5.41, 5.74) is 1.00. The Balaban J connectivity index is 1.96. The van der Waals surface area contributed by atoms with Crippen molar-refractivity contribution in [3.63, 3.8) is 0 Å². The van der Waals surface area contributed by atoms with Crippen molar-refractivity contribution in [1.82, 2.24) is 10.3 Å². The molecule has 1 aliphatic rings. The second-order valence-electron chi connectivity index (χ2n) is 5.46. The molecule has 1 aromatic heterocycles. The van der Waals surface area contributed by atoms with E-state index in [4.69, 9.17) is 0 Å². The molecule has 0 spiro atoms. The summed E-state index contributed by atoms with van der Waals surface area (Å²) in [7, 11) is -2.91. The van der Waals surface area contributed by atoms with Gasteiger partial charge >= 0.3 is 0 Å². The molecule has 1 heterocycles. The Morgan fingerprint density at radius 2 is 2.16 bits per heavy atom. The van der Waals surface area contributed by atoms with Gasteiger partial charge in [-0.15, -0.1) is 0 Å². The third-order valence-electron chi connectivity index (χ3n) is 3.85. The van der Waals surface area contributed by atoms with E-state index in [9.17, 15) is 8.42 Å². The highest BCUT2D eigenvalue weighted by molar-refractivity contribution is 7.91. The van der Waals surface area contributed by atoms with Gasteiger partial charge in [0.2, 0.25) is 0 Å². The molecule has 106 valence electrons. The lowest BCUT2D eigenvalue weighted by molar-refractivity contribution is 0.344. The fourth-order valence-electron chi connectivity index (χ4n) is 2.76. The van der Waals surface area contributed by atoms with Gasteiger partial charge < -0.3 is 5.32 Å². The van der Waals surface area contributed by atoms with Crippen LogP contribution in [0, 0.1) is 0 Å². The number of sulfone groups is 1. The molecule has 4 nitrogen and oxygen atoms in total. The first-order chi connectivity index (χ1) is 8.97. The van der Waals surface area contributed by atoms with Crippen LogP contribution in [0.2, 0.25) is 0 Å². The zero-order valence-electron chi connectivity index (χ0n) is 11.5. The van der Waals surface area contributed by atoms with Crippen molar-refractivity contribution in [2.24, 2.45) is 0 Å². The molecule has 1 aliphatic carbocycles. The molecule has 0 saturated heterocycles. The van der Waals surface area contributed by atoms with Gasteiger partial charge in [0.15, 0.2) is 0 Å². The molecule has 0 bridgehead atoms. The van der Waals surface area contributed by atoms with E-state index < -0.39 is 9.84 Å². The van der Waals surface area contributed by atoms with E-state index in [1.807, 2.05) is 18.2 Å². The van der Waals surface area contributed by atoms with E-state index in [1.54, 1.807) is 6.20 Å². The second-order valence-corrected chi connectivity index (χ2v) is 7.78. The first-order valence-corrected chi connectivity index (χ1v) is 8.78. The fourth-order valence-corrected chi connectivity index (χ4v) is 3.93. The molecule has 0 radical (unpaired) electrons. The van der Waals surface area contributed by atoms with Crippen molar-refractivity contribution < 1.29 is 8.42 Å². The molecule has 2 rings (SSSR count). The Hall–Kier alpha value is -0.940. The van der Waals surface area contributed by atoms with Gasteiger partial charge in [-0.2, -0.15) is 0 Å². The lowest BCUT2D eigenvalue weighted by Gasteiger charge is -2.30. The maximum Gasteiger partial charge on any atom is 0.150 e. The second kappa shape index (κ2) is 6.01. The summed E-state index contributed by atoms with van der Waals surface area (Å²) < 4.78 is 23.3. The molecule has 5 heteroatoms. The largest absolute Gasteiger partial charge is 0.306 e. The smallest absolute Gasteiger partial charge is 0.150 e. The summed E-state index contributed by atoms with van der Waals surface area (Å²) in [6.07, 6.45) is 6.68.